The van der Waals surface area contributed by atoms with Crippen molar-refractivity contribution in [1.82, 2.24) is 0 Å². The third-order valence-electron chi connectivity index (χ3n) is 5.88. The van der Waals surface area contributed by atoms with E-state index < -0.39 is 0 Å². The van der Waals surface area contributed by atoms with Gasteiger partial charge in [-0.2, -0.15) is 0 Å². The predicted molar refractivity (Wildman–Crippen MR) is 124 cm³/mol. The molecular weight excluding hydrogens is 370 g/mol. The molecule has 0 N–H and O–H groups in total. The first kappa shape index (κ1) is 18.8. The number of benzene rings is 3. The Morgan fingerprint density at radius 3 is 2.23 bits per heavy atom. The predicted octanol–water partition coefficient (Wildman–Crippen LogP) is 8.23. The van der Waals surface area contributed by atoms with Gasteiger partial charge < -0.3 is 9.15 Å². The van der Waals surface area contributed by atoms with Crippen LogP contribution in [0.15, 0.2) is 59.0 Å². The fourth-order valence-corrected chi connectivity index (χ4v) is 4.32. The summed E-state index contributed by atoms with van der Waals surface area (Å²) in [5.74, 6) is 2.36. The first-order valence-electron chi connectivity index (χ1n) is 10.5. The zero-order valence-corrected chi connectivity index (χ0v) is 18.5. The van der Waals surface area contributed by atoms with E-state index in [2.05, 4.69) is 82.8 Å². The average Bonchev–Trinajstić information content (AvgIpc) is 3.03. The zero-order valence-electron chi connectivity index (χ0n) is 18.5. The molecule has 1 aliphatic rings. The lowest BCUT2D eigenvalue weighted by Gasteiger charge is -2.32. The van der Waals surface area contributed by atoms with Crippen molar-refractivity contribution in [2.45, 2.75) is 47.0 Å². The molecule has 0 saturated carbocycles. The topological polar surface area (TPSA) is 25.6 Å². The van der Waals surface area contributed by atoms with Gasteiger partial charge in [-0.3, -0.25) is 4.90 Å². The minimum absolute atomic E-state index is 0.0962. The molecule has 0 saturated heterocycles. The van der Waals surface area contributed by atoms with Crippen molar-refractivity contribution >= 4 is 28.2 Å². The molecule has 30 heavy (non-hydrogen) atoms. The molecule has 0 atom stereocenters. The van der Waals surface area contributed by atoms with Gasteiger partial charge in [0.2, 0.25) is 5.88 Å². The summed E-state index contributed by atoms with van der Waals surface area (Å²) >= 11 is 0. The highest BCUT2D eigenvalue weighted by Gasteiger charge is 2.33. The van der Waals surface area contributed by atoms with E-state index in [9.17, 15) is 0 Å². The smallest absolute Gasteiger partial charge is 0.249 e. The molecule has 1 aliphatic heterocycles. The quantitative estimate of drug-likeness (QED) is 0.285. The second-order valence-corrected chi connectivity index (χ2v) is 9.35. The molecule has 152 valence electrons. The van der Waals surface area contributed by atoms with Gasteiger partial charge in [-0.05, 0) is 72.7 Å². The fourth-order valence-electron chi connectivity index (χ4n) is 4.32. The Balaban J connectivity index is 1.80. The standard InChI is InChI=1S/C27H27NO2/c1-16-11-12-20-23(13-16)30-26-25(20)29-22-10-8-7-9-21(22)28(26)24-17(2)14-19(15-18(24)3)27(4,5)6/h7-15H,1-6H3. The number of para-hydroxylation sites is 2. The first-order valence-corrected chi connectivity index (χ1v) is 10.5. The largest absolute Gasteiger partial charge is 0.449 e. The lowest BCUT2D eigenvalue weighted by atomic mass is 9.84. The van der Waals surface area contributed by atoms with E-state index >= 15 is 0 Å². The molecule has 0 aliphatic carbocycles. The number of ether oxygens (including phenoxy) is 1. The molecule has 2 heterocycles. The van der Waals surface area contributed by atoms with Crippen molar-refractivity contribution in [2.75, 3.05) is 4.90 Å². The van der Waals surface area contributed by atoms with Crippen molar-refractivity contribution in [3.8, 4) is 11.5 Å². The minimum Gasteiger partial charge on any atom is -0.449 e. The maximum Gasteiger partial charge on any atom is 0.249 e. The third-order valence-corrected chi connectivity index (χ3v) is 5.88. The molecule has 0 bridgehead atoms. The van der Waals surface area contributed by atoms with Crippen molar-refractivity contribution < 1.29 is 9.15 Å². The average molecular weight is 398 g/mol. The molecular formula is C27H27NO2. The Hall–Kier alpha value is -3.20. The van der Waals surface area contributed by atoms with Gasteiger partial charge in [-0.15, -0.1) is 0 Å². The van der Waals surface area contributed by atoms with Crippen LogP contribution in [0.3, 0.4) is 0 Å². The molecule has 0 unspecified atom stereocenters. The second kappa shape index (κ2) is 6.40. The Morgan fingerprint density at radius 2 is 1.53 bits per heavy atom. The maximum absolute atomic E-state index is 6.40. The van der Waals surface area contributed by atoms with E-state index in [-0.39, 0.29) is 5.41 Å². The van der Waals surface area contributed by atoms with Gasteiger partial charge in [0.15, 0.2) is 11.5 Å². The molecule has 3 heteroatoms. The summed E-state index contributed by atoms with van der Waals surface area (Å²) in [6.07, 6.45) is 0. The van der Waals surface area contributed by atoms with Crippen molar-refractivity contribution in [3.63, 3.8) is 0 Å². The van der Waals surface area contributed by atoms with Crippen molar-refractivity contribution in [2.24, 2.45) is 0 Å². The highest BCUT2D eigenvalue weighted by Crippen LogP contribution is 2.55. The number of hydrogen-bond donors (Lipinski definition) is 0. The van der Waals surface area contributed by atoms with Crippen LogP contribution in [0.4, 0.5) is 17.3 Å². The highest BCUT2D eigenvalue weighted by molar-refractivity contribution is 5.97. The number of hydrogen-bond acceptors (Lipinski definition) is 3. The summed E-state index contributed by atoms with van der Waals surface area (Å²) in [7, 11) is 0. The normalized spacial score (nSPS) is 13.2. The van der Waals surface area contributed by atoms with Crippen LogP contribution >= 0.6 is 0 Å². The van der Waals surface area contributed by atoms with Gasteiger partial charge in [-0.25, -0.2) is 0 Å². The third kappa shape index (κ3) is 2.80. The molecule has 0 radical (unpaired) electrons. The van der Waals surface area contributed by atoms with Crippen LogP contribution in [-0.4, -0.2) is 0 Å². The van der Waals surface area contributed by atoms with Crippen LogP contribution < -0.4 is 9.64 Å². The van der Waals surface area contributed by atoms with Gasteiger partial charge in [0.25, 0.3) is 0 Å². The van der Waals surface area contributed by atoms with Gasteiger partial charge in [0, 0.05) is 0 Å². The first-order chi connectivity index (χ1) is 14.2. The number of furan rings is 1. The highest BCUT2D eigenvalue weighted by atomic mass is 16.5. The molecule has 5 rings (SSSR count). The van der Waals surface area contributed by atoms with Crippen LogP contribution in [-0.2, 0) is 5.41 Å². The van der Waals surface area contributed by atoms with Gasteiger partial charge in [-0.1, -0.05) is 51.1 Å². The summed E-state index contributed by atoms with van der Waals surface area (Å²) in [5, 5.41) is 0.997. The molecule has 0 fully saturated rings. The van der Waals surface area contributed by atoms with E-state index in [1.807, 2.05) is 18.2 Å². The van der Waals surface area contributed by atoms with Crippen molar-refractivity contribution in [1.29, 1.82) is 0 Å². The lowest BCUT2D eigenvalue weighted by Crippen LogP contribution is -2.18. The van der Waals surface area contributed by atoms with Crippen LogP contribution in [0.1, 0.15) is 43.0 Å². The van der Waals surface area contributed by atoms with Gasteiger partial charge in [0.1, 0.15) is 5.58 Å². The summed E-state index contributed by atoms with van der Waals surface area (Å²) < 4.78 is 12.7. The van der Waals surface area contributed by atoms with Gasteiger partial charge >= 0.3 is 0 Å². The molecule has 1 aromatic heterocycles. The Kier molecular flexibility index (Phi) is 4.01. The Labute approximate surface area is 177 Å². The number of rotatable bonds is 1. The van der Waals surface area contributed by atoms with E-state index in [4.69, 9.17) is 9.15 Å². The summed E-state index contributed by atoms with van der Waals surface area (Å²) in [5.41, 5.74) is 8.03. The van der Waals surface area contributed by atoms with E-state index in [0.29, 0.717) is 0 Å². The summed E-state index contributed by atoms with van der Waals surface area (Å²) in [4.78, 5) is 2.22. The number of aryl methyl sites for hydroxylation is 3. The zero-order chi connectivity index (χ0) is 21.2. The second-order valence-electron chi connectivity index (χ2n) is 9.35. The van der Waals surface area contributed by atoms with Crippen LogP contribution in [0.25, 0.3) is 11.0 Å². The maximum atomic E-state index is 6.40. The van der Waals surface area contributed by atoms with E-state index in [1.54, 1.807) is 0 Å². The van der Waals surface area contributed by atoms with E-state index in [1.165, 1.54) is 22.3 Å². The van der Waals surface area contributed by atoms with Crippen LogP contribution in [0, 0.1) is 20.8 Å². The van der Waals surface area contributed by atoms with Crippen LogP contribution in [0.2, 0.25) is 0 Å². The Bertz CT molecular complexity index is 1270. The van der Waals surface area contributed by atoms with Gasteiger partial charge in [0.05, 0.1) is 16.8 Å². The Morgan fingerprint density at radius 1 is 0.833 bits per heavy atom. The fraction of sp³-hybridized carbons (Fsp3) is 0.259. The monoisotopic (exact) mass is 397 g/mol. The van der Waals surface area contributed by atoms with Crippen molar-refractivity contribution in [3.05, 3.63) is 76.9 Å². The summed E-state index contributed by atoms with van der Waals surface area (Å²) in [6.45, 7) is 13.2. The number of anilines is 3. The minimum atomic E-state index is 0.0962. The summed E-state index contributed by atoms with van der Waals surface area (Å²) in [6, 6.07) is 19.0. The van der Waals surface area contributed by atoms with Crippen LogP contribution in [0.5, 0.6) is 11.5 Å². The van der Waals surface area contributed by atoms with E-state index in [0.717, 1.165) is 39.7 Å². The molecule has 4 aromatic rings. The molecule has 0 amide bonds. The number of fused-ring (bicyclic) bond motifs is 4. The molecule has 3 nitrogen and oxygen atoms in total. The number of nitrogens with zero attached hydrogens (tertiary/aromatic N) is 1. The lowest BCUT2D eigenvalue weighted by molar-refractivity contribution is 0.463. The molecule has 3 aromatic carbocycles. The SMILES string of the molecule is Cc1ccc2c3c(oc2c1)N(c1c(C)cc(C(C)(C)C)cc1C)c1ccccc1O3. The molecule has 0 spiro atoms.